The molecule has 1 unspecified atom stereocenters. The van der Waals surface area contributed by atoms with Gasteiger partial charge in [-0.2, -0.15) is 0 Å². The van der Waals surface area contributed by atoms with Gasteiger partial charge in [0.1, 0.15) is 5.82 Å². The Hall–Kier alpha value is -1.42. The van der Waals surface area contributed by atoms with Gasteiger partial charge in [0.25, 0.3) is 0 Å². The third kappa shape index (κ3) is 1.41. The molecule has 15 heavy (non-hydrogen) atoms. The number of rotatable bonds is 1. The lowest BCUT2D eigenvalue weighted by molar-refractivity contribution is 0.643. The molecule has 1 N–H and O–H groups in total. The average molecular weight is 202 g/mol. The summed E-state index contributed by atoms with van der Waals surface area (Å²) in [6, 6.07) is 4.69. The zero-order valence-electron chi connectivity index (χ0n) is 8.77. The fourth-order valence-corrected chi connectivity index (χ4v) is 2.20. The van der Waals surface area contributed by atoms with E-state index in [0.29, 0.717) is 6.04 Å². The van der Waals surface area contributed by atoms with E-state index in [0.717, 1.165) is 18.0 Å². The van der Waals surface area contributed by atoms with Crippen molar-refractivity contribution in [1.82, 2.24) is 19.9 Å². The highest BCUT2D eigenvalue weighted by Crippen LogP contribution is 2.23. The van der Waals surface area contributed by atoms with Crippen molar-refractivity contribution in [2.75, 3.05) is 6.54 Å². The second-order valence-electron chi connectivity index (χ2n) is 4.09. The van der Waals surface area contributed by atoms with E-state index in [4.69, 9.17) is 0 Å². The van der Waals surface area contributed by atoms with Crippen LogP contribution in [0.15, 0.2) is 18.3 Å². The lowest BCUT2D eigenvalue weighted by atomic mass is 10.1. The smallest absolute Gasteiger partial charge is 0.160 e. The van der Waals surface area contributed by atoms with Crippen LogP contribution in [0.3, 0.4) is 0 Å². The zero-order valence-corrected chi connectivity index (χ0v) is 8.77. The minimum atomic E-state index is 0.510. The number of pyridine rings is 1. The first-order valence-electron chi connectivity index (χ1n) is 5.39. The Morgan fingerprint density at radius 3 is 3.13 bits per heavy atom. The van der Waals surface area contributed by atoms with Gasteiger partial charge >= 0.3 is 0 Å². The summed E-state index contributed by atoms with van der Waals surface area (Å²) in [6.07, 6.45) is 4.64. The Balaban J connectivity index is 2.08. The number of hydrogen-bond acceptors (Lipinski definition) is 3. The molecule has 1 atom stereocenters. The van der Waals surface area contributed by atoms with Crippen molar-refractivity contribution < 1.29 is 0 Å². The highest BCUT2D eigenvalue weighted by Gasteiger charge is 2.16. The molecule has 1 fully saturated rings. The predicted molar refractivity (Wildman–Crippen MR) is 57.7 cm³/mol. The Morgan fingerprint density at radius 2 is 2.33 bits per heavy atom. The van der Waals surface area contributed by atoms with Crippen LogP contribution in [0.2, 0.25) is 0 Å². The summed E-state index contributed by atoms with van der Waals surface area (Å²) in [6.45, 7) is 3.11. The minimum Gasteiger partial charge on any atom is -0.310 e. The summed E-state index contributed by atoms with van der Waals surface area (Å²) in [5.41, 5.74) is 2.26. The molecular formula is C11H14N4. The van der Waals surface area contributed by atoms with Crippen molar-refractivity contribution in [3.8, 4) is 0 Å². The Kier molecular flexibility index (Phi) is 1.95. The third-order valence-electron chi connectivity index (χ3n) is 3.06. The van der Waals surface area contributed by atoms with Gasteiger partial charge in [-0.3, -0.25) is 4.40 Å². The molecule has 2 aromatic heterocycles. The number of nitrogens with one attached hydrogen (secondary N) is 1. The fraction of sp³-hybridized carbons (Fsp3) is 0.455. The van der Waals surface area contributed by atoms with E-state index >= 15 is 0 Å². The summed E-state index contributed by atoms with van der Waals surface area (Å²) >= 11 is 0. The van der Waals surface area contributed by atoms with E-state index in [1.165, 1.54) is 18.4 Å². The minimum absolute atomic E-state index is 0.510. The van der Waals surface area contributed by atoms with Crippen LogP contribution in [0.1, 0.15) is 30.3 Å². The summed E-state index contributed by atoms with van der Waals surface area (Å²) in [7, 11) is 0. The third-order valence-corrected chi connectivity index (χ3v) is 3.06. The molecule has 1 aliphatic heterocycles. The molecule has 4 heteroatoms. The first-order chi connectivity index (χ1) is 7.34. The van der Waals surface area contributed by atoms with Crippen LogP contribution < -0.4 is 5.32 Å². The molecule has 78 valence electrons. The van der Waals surface area contributed by atoms with E-state index < -0.39 is 0 Å². The Bertz CT molecular complexity index is 482. The van der Waals surface area contributed by atoms with Gasteiger partial charge in [-0.15, -0.1) is 10.2 Å². The quantitative estimate of drug-likeness (QED) is 0.761. The van der Waals surface area contributed by atoms with Crippen LogP contribution in [0.5, 0.6) is 0 Å². The molecule has 3 rings (SSSR count). The van der Waals surface area contributed by atoms with Gasteiger partial charge in [-0.05, 0) is 37.9 Å². The van der Waals surface area contributed by atoms with E-state index in [1.54, 1.807) is 0 Å². The number of aryl methyl sites for hydroxylation is 1. The van der Waals surface area contributed by atoms with Crippen LogP contribution in [-0.4, -0.2) is 21.1 Å². The van der Waals surface area contributed by atoms with Gasteiger partial charge in [0, 0.05) is 12.2 Å². The van der Waals surface area contributed by atoms with Gasteiger partial charge in [0.2, 0.25) is 0 Å². The van der Waals surface area contributed by atoms with Crippen molar-refractivity contribution in [2.45, 2.75) is 25.8 Å². The number of aromatic nitrogens is 3. The molecule has 4 nitrogen and oxygen atoms in total. The van der Waals surface area contributed by atoms with Crippen molar-refractivity contribution in [3.05, 3.63) is 29.7 Å². The normalized spacial score (nSPS) is 21.3. The number of hydrogen-bond donors (Lipinski definition) is 1. The molecule has 3 heterocycles. The van der Waals surface area contributed by atoms with Crippen molar-refractivity contribution >= 4 is 5.65 Å². The summed E-state index contributed by atoms with van der Waals surface area (Å²) < 4.78 is 2.05. The van der Waals surface area contributed by atoms with Crippen LogP contribution in [0, 0.1) is 6.92 Å². The molecule has 1 aliphatic rings. The Labute approximate surface area is 88.3 Å². The Morgan fingerprint density at radius 1 is 1.40 bits per heavy atom. The summed E-state index contributed by atoms with van der Waals surface area (Å²) in [4.78, 5) is 0. The molecule has 0 bridgehead atoms. The van der Waals surface area contributed by atoms with Gasteiger partial charge in [-0.25, -0.2) is 0 Å². The van der Waals surface area contributed by atoms with E-state index in [1.807, 2.05) is 13.0 Å². The van der Waals surface area contributed by atoms with E-state index in [9.17, 15) is 0 Å². The maximum Gasteiger partial charge on any atom is 0.160 e. The second-order valence-corrected chi connectivity index (χ2v) is 4.09. The van der Waals surface area contributed by atoms with Crippen molar-refractivity contribution in [1.29, 1.82) is 0 Å². The number of fused-ring (bicyclic) bond motifs is 1. The molecule has 2 aromatic rings. The molecular weight excluding hydrogens is 188 g/mol. The van der Waals surface area contributed by atoms with Crippen LogP contribution in [0.25, 0.3) is 5.65 Å². The first kappa shape index (κ1) is 8.85. The standard InChI is InChI=1S/C11H14N4/c1-8-13-14-11-5-4-9(7-15(8)11)10-3-2-6-12-10/h4-5,7,10,12H,2-3,6H2,1H3. The molecule has 0 aliphatic carbocycles. The van der Waals surface area contributed by atoms with Gasteiger partial charge < -0.3 is 5.32 Å². The molecule has 0 aromatic carbocycles. The highest BCUT2D eigenvalue weighted by molar-refractivity contribution is 5.40. The molecule has 1 saturated heterocycles. The maximum absolute atomic E-state index is 4.08. The lowest BCUT2D eigenvalue weighted by Gasteiger charge is -2.10. The van der Waals surface area contributed by atoms with Crippen LogP contribution in [-0.2, 0) is 0 Å². The highest BCUT2D eigenvalue weighted by atomic mass is 15.2. The zero-order chi connectivity index (χ0) is 10.3. The summed E-state index contributed by atoms with van der Waals surface area (Å²) in [5.74, 6) is 0.949. The van der Waals surface area contributed by atoms with E-state index in [-0.39, 0.29) is 0 Å². The van der Waals surface area contributed by atoms with E-state index in [2.05, 4.69) is 32.2 Å². The molecule has 0 amide bonds. The maximum atomic E-state index is 4.08. The molecule has 0 radical (unpaired) electrons. The average Bonchev–Trinajstić information content (AvgIpc) is 2.88. The largest absolute Gasteiger partial charge is 0.310 e. The summed E-state index contributed by atoms with van der Waals surface area (Å²) in [5, 5.41) is 11.6. The lowest BCUT2D eigenvalue weighted by Crippen LogP contribution is -2.13. The van der Waals surface area contributed by atoms with Crippen LogP contribution in [0.4, 0.5) is 0 Å². The molecule has 0 spiro atoms. The van der Waals surface area contributed by atoms with Crippen molar-refractivity contribution in [2.24, 2.45) is 0 Å². The SMILES string of the molecule is Cc1nnc2ccc(C3CCCN3)cn12. The number of nitrogens with zero attached hydrogens (tertiary/aromatic N) is 3. The topological polar surface area (TPSA) is 42.2 Å². The second kappa shape index (κ2) is 3.31. The van der Waals surface area contributed by atoms with Gasteiger partial charge in [0.15, 0.2) is 5.65 Å². The fourth-order valence-electron chi connectivity index (χ4n) is 2.20. The van der Waals surface area contributed by atoms with Crippen molar-refractivity contribution in [3.63, 3.8) is 0 Å². The predicted octanol–water partition coefficient (Wildman–Crippen LogP) is 1.46. The monoisotopic (exact) mass is 202 g/mol. The van der Waals surface area contributed by atoms with Gasteiger partial charge in [-0.1, -0.05) is 6.07 Å². The van der Waals surface area contributed by atoms with Crippen LogP contribution >= 0.6 is 0 Å². The first-order valence-corrected chi connectivity index (χ1v) is 5.39. The molecule has 0 saturated carbocycles. The van der Waals surface area contributed by atoms with Gasteiger partial charge in [0.05, 0.1) is 0 Å².